The third-order valence-corrected chi connectivity index (χ3v) is 5.33. The van der Waals surface area contributed by atoms with Crippen molar-refractivity contribution >= 4 is 5.91 Å². The Bertz CT molecular complexity index is 565. The number of rotatable bonds is 5. The first-order valence-electron chi connectivity index (χ1n) is 9.43. The van der Waals surface area contributed by atoms with Crippen molar-refractivity contribution in [2.75, 3.05) is 20.1 Å². The Morgan fingerprint density at radius 2 is 1.96 bits per heavy atom. The number of benzene rings is 1. The van der Waals surface area contributed by atoms with Gasteiger partial charge in [0.15, 0.2) is 6.10 Å². The molecule has 3 rings (SSSR count). The molecule has 4 nitrogen and oxygen atoms in total. The zero-order chi connectivity index (χ0) is 16.9. The Morgan fingerprint density at radius 1 is 1.25 bits per heavy atom. The van der Waals surface area contributed by atoms with E-state index in [1.54, 1.807) is 0 Å². The lowest BCUT2D eigenvalue weighted by atomic mass is 9.92. The number of hydrogen-bond acceptors (Lipinski definition) is 3. The summed E-state index contributed by atoms with van der Waals surface area (Å²) in [6.07, 6.45) is 7.18. The van der Waals surface area contributed by atoms with E-state index in [4.69, 9.17) is 4.74 Å². The Kier molecular flexibility index (Phi) is 5.77. The first-order valence-corrected chi connectivity index (χ1v) is 9.43. The molecule has 0 unspecified atom stereocenters. The van der Waals surface area contributed by atoms with Crippen LogP contribution in [0.15, 0.2) is 18.2 Å². The molecule has 1 heterocycles. The molecule has 1 atom stereocenters. The van der Waals surface area contributed by atoms with Gasteiger partial charge in [-0.2, -0.15) is 0 Å². The summed E-state index contributed by atoms with van der Waals surface area (Å²) in [4.78, 5) is 14.9. The fraction of sp³-hybridized carbons (Fsp3) is 0.650. The van der Waals surface area contributed by atoms with Gasteiger partial charge in [0.2, 0.25) is 0 Å². The normalized spacial score (nSPS) is 20.2. The number of amides is 1. The molecule has 0 aromatic heterocycles. The third kappa shape index (κ3) is 4.29. The highest BCUT2D eigenvalue weighted by Crippen LogP contribution is 2.26. The van der Waals surface area contributed by atoms with Gasteiger partial charge in [-0.1, -0.05) is 13.0 Å². The smallest absolute Gasteiger partial charge is 0.261 e. The molecule has 0 spiro atoms. The SMILES string of the molecule is CC[C@@H](Oc1ccc2c(c1)CCCC2)C(=O)NC1CCN(C)CC1. The average Bonchev–Trinajstić information content (AvgIpc) is 2.61. The second-order valence-corrected chi connectivity index (χ2v) is 7.24. The van der Waals surface area contributed by atoms with Crippen molar-refractivity contribution in [1.29, 1.82) is 0 Å². The first kappa shape index (κ1) is 17.3. The van der Waals surface area contributed by atoms with Crippen molar-refractivity contribution in [2.45, 2.75) is 64.0 Å². The molecule has 132 valence electrons. The quantitative estimate of drug-likeness (QED) is 0.902. The molecule has 1 N–H and O–H groups in total. The van der Waals surface area contributed by atoms with Crippen LogP contribution in [0, 0.1) is 0 Å². The molecule has 1 aromatic rings. The van der Waals surface area contributed by atoms with Crippen LogP contribution >= 0.6 is 0 Å². The molecule has 0 bridgehead atoms. The number of likely N-dealkylation sites (tertiary alicyclic amines) is 1. The van der Waals surface area contributed by atoms with Crippen LogP contribution in [0.2, 0.25) is 0 Å². The number of fused-ring (bicyclic) bond motifs is 1. The van der Waals surface area contributed by atoms with Gasteiger partial charge in [-0.3, -0.25) is 4.79 Å². The minimum atomic E-state index is -0.397. The molecule has 1 aromatic carbocycles. The van der Waals surface area contributed by atoms with Gasteiger partial charge < -0.3 is 15.0 Å². The topological polar surface area (TPSA) is 41.6 Å². The fourth-order valence-electron chi connectivity index (χ4n) is 3.72. The molecule has 1 aliphatic heterocycles. The predicted octanol–water partition coefficient (Wildman–Crippen LogP) is 2.93. The number of carbonyl (C=O) groups is 1. The van der Waals surface area contributed by atoms with Crippen molar-refractivity contribution < 1.29 is 9.53 Å². The van der Waals surface area contributed by atoms with Gasteiger partial charge in [0.05, 0.1) is 0 Å². The highest BCUT2D eigenvalue weighted by atomic mass is 16.5. The Labute approximate surface area is 145 Å². The van der Waals surface area contributed by atoms with Gasteiger partial charge in [-0.25, -0.2) is 0 Å². The number of ether oxygens (including phenoxy) is 1. The van der Waals surface area contributed by atoms with E-state index in [0.29, 0.717) is 6.42 Å². The van der Waals surface area contributed by atoms with E-state index in [-0.39, 0.29) is 11.9 Å². The Hall–Kier alpha value is -1.55. The van der Waals surface area contributed by atoms with E-state index >= 15 is 0 Å². The summed E-state index contributed by atoms with van der Waals surface area (Å²) >= 11 is 0. The summed E-state index contributed by atoms with van der Waals surface area (Å²) in [6.45, 7) is 4.11. The van der Waals surface area contributed by atoms with Gasteiger partial charge in [0.1, 0.15) is 5.75 Å². The standard InChI is InChI=1S/C20H30N2O2/c1-3-19(20(23)21-17-10-12-22(2)13-11-17)24-18-9-8-15-6-4-5-7-16(15)14-18/h8-9,14,17,19H,3-7,10-13H2,1-2H3,(H,21,23)/t19-/m1/s1. The fourth-order valence-corrected chi connectivity index (χ4v) is 3.72. The molecule has 0 saturated carbocycles. The minimum absolute atomic E-state index is 0.0322. The van der Waals surface area contributed by atoms with Crippen molar-refractivity contribution in [1.82, 2.24) is 10.2 Å². The highest BCUT2D eigenvalue weighted by Gasteiger charge is 2.24. The lowest BCUT2D eigenvalue weighted by Gasteiger charge is -2.30. The van der Waals surface area contributed by atoms with Crippen LogP contribution in [0.1, 0.15) is 50.2 Å². The number of nitrogens with one attached hydrogen (secondary N) is 1. The monoisotopic (exact) mass is 330 g/mol. The van der Waals surface area contributed by atoms with Gasteiger partial charge >= 0.3 is 0 Å². The molecule has 4 heteroatoms. The van der Waals surface area contributed by atoms with Crippen LogP contribution in [-0.4, -0.2) is 43.1 Å². The average molecular weight is 330 g/mol. The van der Waals surface area contributed by atoms with Crippen molar-refractivity contribution in [3.63, 3.8) is 0 Å². The summed E-state index contributed by atoms with van der Waals surface area (Å²) < 4.78 is 6.03. The largest absolute Gasteiger partial charge is 0.481 e. The number of aryl methyl sites for hydroxylation is 2. The van der Waals surface area contributed by atoms with Crippen LogP contribution in [0.4, 0.5) is 0 Å². The van der Waals surface area contributed by atoms with Crippen LogP contribution in [-0.2, 0) is 17.6 Å². The van der Waals surface area contributed by atoms with Crippen LogP contribution < -0.4 is 10.1 Å². The van der Waals surface area contributed by atoms with E-state index in [1.807, 2.05) is 13.0 Å². The van der Waals surface area contributed by atoms with Crippen LogP contribution in [0.25, 0.3) is 0 Å². The molecule has 1 amide bonds. The van der Waals surface area contributed by atoms with E-state index in [0.717, 1.165) is 38.1 Å². The van der Waals surface area contributed by atoms with Crippen molar-refractivity contribution in [3.8, 4) is 5.75 Å². The second kappa shape index (κ2) is 8.02. The summed E-state index contributed by atoms with van der Waals surface area (Å²) in [5, 5.41) is 3.18. The zero-order valence-electron chi connectivity index (χ0n) is 15.0. The molecule has 1 saturated heterocycles. The number of carbonyl (C=O) groups excluding carboxylic acids is 1. The lowest BCUT2D eigenvalue weighted by Crippen LogP contribution is -2.47. The number of nitrogens with zero attached hydrogens (tertiary/aromatic N) is 1. The van der Waals surface area contributed by atoms with E-state index < -0.39 is 6.10 Å². The summed E-state index contributed by atoms with van der Waals surface area (Å²) in [6, 6.07) is 6.62. The maximum absolute atomic E-state index is 12.6. The van der Waals surface area contributed by atoms with Crippen molar-refractivity contribution in [2.24, 2.45) is 0 Å². The second-order valence-electron chi connectivity index (χ2n) is 7.24. The molecule has 0 radical (unpaired) electrons. The number of piperidine rings is 1. The predicted molar refractivity (Wildman–Crippen MR) is 96.5 cm³/mol. The Morgan fingerprint density at radius 3 is 2.67 bits per heavy atom. The maximum atomic E-state index is 12.6. The van der Waals surface area contributed by atoms with Gasteiger partial charge in [-0.05, 0) is 88.3 Å². The maximum Gasteiger partial charge on any atom is 0.261 e. The summed E-state index contributed by atoms with van der Waals surface area (Å²) in [5.41, 5.74) is 2.83. The van der Waals surface area contributed by atoms with E-state index in [9.17, 15) is 4.79 Å². The molecule has 1 fully saturated rings. The molecular weight excluding hydrogens is 300 g/mol. The number of hydrogen-bond donors (Lipinski definition) is 1. The van der Waals surface area contributed by atoms with Crippen molar-refractivity contribution in [3.05, 3.63) is 29.3 Å². The molecule has 2 aliphatic rings. The van der Waals surface area contributed by atoms with Crippen LogP contribution in [0.3, 0.4) is 0 Å². The summed E-state index contributed by atoms with van der Waals surface area (Å²) in [7, 11) is 2.13. The highest BCUT2D eigenvalue weighted by molar-refractivity contribution is 5.81. The minimum Gasteiger partial charge on any atom is -0.481 e. The molecule has 1 aliphatic carbocycles. The van der Waals surface area contributed by atoms with Gasteiger partial charge in [0, 0.05) is 6.04 Å². The van der Waals surface area contributed by atoms with E-state index in [2.05, 4.69) is 29.4 Å². The first-order chi connectivity index (χ1) is 11.7. The zero-order valence-corrected chi connectivity index (χ0v) is 15.0. The Balaban J connectivity index is 1.58. The summed E-state index contributed by atoms with van der Waals surface area (Å²) in [5.74, 6) is 0.866. The van der Waals surface area contributed by atoms with E-state index in [1.165, 1.54) is 30.4 Å². The molecule has 24 heavy (non-hydrogen) atoms. The molecular formula is C20H30N2O2. The third-order valence-electron chi connectivity index (χ3n) is 5.33. The van der Waals surface area contributed by atoms with Crippen LogP contribution in [0.5, 0.6) is 5.75 Å². The van der Waals surface area contributed by atoms with Gasteiger partial charge in [-0.15, -0.1) is 0 Å². The lowest BCUT2D eigenvalue weighted by molar-refractivity contribution is -0.129. The van der Waals surface area contributed by atoms with Gasteiger partial charge in [0.25, 0.3) is 5.91 Å².